The SMILES string of the molecule is C1=C/C(=C(\c2ccncc2)c2ccc[n-]2)N=C1.C1=C/C(=C(\c2ccncc2)c2ccc[n-]2)N=C1.[Zn+2]. The summed E-state index contributed by atoms with van der Waals surface area (Å²) < 4.78 is 0. The summed E-state index contributed by atoms with van der Waals surface area (Å²) >= 11 is 0. The van der Waals surface area contributed by atoms with E-state index in [9.17, 15) is 0 Å². The molecule has 0 spiro atoms. The Morgan fingerprint density at radius 3 is 1.31 bits per heavy atom. The van der Waals surface area contributed by atoms with E-state index < -0.39 is 0 Å². The molecule has 164 valence electrons. The molecule has 6 nitrogen and oxygen atoms in total. The third-order valence-electron chi connectivity index (χ3n) is 5.18. The molecule has 0 fully saturated rings. The van der Waals surface area contributed by atoms with Gasteiger partial charge >= 0.3 is 19.5 Å². The van der Waals surface area contributed by atoms with Crippen molar-refractivity contribution in [2.24, 2.45) is 9.98 Å². The van der Waals surface area contributed by atoms with Gasteiger partial charge in [-0.3, -0.25) is 20.0 Å². The van der Waals surface area contributed by atoms with Crippen molar-refractivity contribution in [3.05, 3.63) is 144 Å². The summed E-state index contributed by atoms with van der Waals surface area (Å²) in [5, 5.41) is 0. The van der Waals surface area contributed by atoms with Crippen LogP contribution in [0.2, 0.25) is 0 Å². The molecule has 0 amide bonds. The zero-order valence-corrected chi connectivity index (χ0v) is 21.9. The van der Waals surface area contributed by atoms with E-state index in [-0.39, 0.29) is 19.5 Å². The van der Waals surface area contributed by atoms with Crippen LogP contribution in [0.3, 0.4) is 0 Å². The van der Waals surface area contributed by atoms with Crippen LogP contribution >= 0.6 is 0 Å². The molecule has 2 aliphatic heterocycles. The van der Waals surface area contributed by atoms with Crippen molar-refractivity contribution in [2.45, 2.75) is 0 Å². The molecular weight excluding hydrogens is 486 g/mol. The quantitative estimate of drug-likeness (QED) is 0.370. The van der Waals surface area contributed by atoms with E-state index in [2.05, 4.69) is 29.9 Å². The van der Waals surface area contributed by atoms with Crippen molar-refractivity contribution in [3.8, 4) is 0 Å². The maximum atomic E-state index is 4.35. The second kappa shape index (κ2) is 11.8. The third-order valence-corrected chi connectivity index (χ3v) is 5.18. The van der Waals surface area contributed by atoms with Crippen LogP contribution in [0.1, 0.15) is 22.5 Å². The molecule has 0 bridgehead atoms. The van der Waals surface area contributed by atoms with Crippen molar-refractivity contribution >= 4 is 23.6 Å². The standard InChI is InChI=1S/2C14H10N3.Zn/c2*1-3-12(16-7-1)14(13-4-2-8-17-13)11-5-9-15-10-6-11;/h2*1-10H;/q2*-1;+2/b2*14-12-;. The van der Waals surface area contributed by atoms with Crippen LogP contribution in [-0.2, 0) is 19.5 Å². The normalized spacial score (nSPS) is 16.0. The van der Waals surface area contributed by atoms with Gasteiger partial charge in [-0.2, -0.15) is 12.4 Å². The summed E-state index contributed by atoms with van der Waals surface area (Å²) in [4.78, 5) is 25.5. The zero-order chi connectivity index (χ0) is 23.0. The molecule has 35 heavy (non-hydrogen) atoms. The second-order valence-electron chi connectivity index (χ2n) is 7.31. The summed E-state index contributed by atoms with van der Waals surface area (Å²) in [5.74, 6) is 0. The maximum absolute atomic E-state index is 4.35. The molecule has 2 aliphatic rings. The van der Waals surface area contributed by atoms with Gasteiger partial charge in [-0.15, -0.1) is 11.4 Å². The van der Waals surface area contributed by atoms with Gasteiger partial charge in [0.1, 0.15) is 0 Å². The van der Waals surface area contributed by atoms with Crippen molar-refractivity contribution in [3.63, 3.8) is 0 Å². The fourth-order valence-corrected chi connectivity index (χ4v) is 3.68. The van der Waals surface area contributed by atoms with Crippen molar-refractivity contribution < 1.29 is 19.5 Å². The topological polar surface area (TPSA) is 78.7 Å². The van der Waals surface area contributed by atoms with E-state index in [0.717, 1.165) is 45.1 Å². The average molecular weight is 506 g/mol. The fourth-order valence-electron chi connectivity index (χ4n) is 3.68. The predicted molar refractivity (Wildman–Crippen MR) is 135 cm³/mol. The first-order valence-electron chi connectivity index (χ1n) is 10.8. The molecule has 6 rings (SSSR count). The van der Waals surface area contributed by atoms with E-state index in [0.29, 0.717) is 0 Å². The van der Waals surface area contributed by atoms with Crippen molar-refractivity contribution in [1.82, 2.24) is 19.9 Å². The summed E-state index contributed by atoms with van der Waals surface area (Å²) in [6, 6.07) is 15.7. The molecule has 7 heteroatoms. The van der Waals surface area contributed by atoms with Gasteiger partial charge in [-0.05, 0) is 70.8 Å². The van der Waals surface area contributed by atoms with Gasteiger partial charge < -0.3 is 9.97 Å². The molecule has 4 aromatic heterocycles. The van der Waals surface area contributed by atoms with Crippen LogP contribution in [0.5, 0.6) is 0 Å². The summed E-state index contributed by atoms with van der Waals surface area (Å²) in [6.45, 7) is 0. The maximum Gasteiger partial charge on any atom is 2.00 e. The Balaban J connectivity index is 0.000000160. The summed E-state index contributed by atoms with van der Waals surface area (Å²) in [5.41, 5.74) is 8.01. The van der Waals surface area contributed by atoms with E-state index in [1.54, 1.807) is 49.6 Å². The zero-order valence-electron chi connectivity index (χ0n) is 18.9. The minimum atomic E-state index is 0. The smallest absolute Gasteiger partial charge is 0.664 e. The van der Waals surface area contributed by atoms with Crippen molar-refractivity contribution in [2.75, 3.05) is 0 Å². The number of allylic oxidation sites excluding steroid dienone is 4. The minimum Gasteiger partial charge on any atom is -0.664 e. The van der Waals surface area contributed by atoms with E-state index in [1.807, 2.05) is 72.8 Å². The number of hydrogen-bond acceptors (Lipinski definition) is 4. The Morgan fingerprint density at radius 2 is 1.00 bits per heavy atom. The van der Waals surface area contributed by atoms with Gasteiger partial charge in [0.05, 0.1) is 11.4 Å². The molecule has 0 aliphatic carbocycles. The van der Waals surface area contributed by atoms with Gasteiger partial charge in [0.2, 0.25) is 0 Å². The van der Waals surface area contributed by atoms with Crippen LogP contribution < -0.4 is 9.97 Å². The molecule has 4 aromatic rings. The Labute approximate surface area is 216 Å². The fraction of sp³-hybridized carbons (Fsp3) is 0. The van der Waals surface area contributed by atoms with Crippen LogP contribution in [0.4, 0.5) is 0 Å². The monoisotopic (exact) mass is 504 g/mol. The molecule has 0 unspecified atom stereocenters. The van der Waals surface area contributed by atoms with Crippen LogP contribution in [-0.4, -0.2) is 22.4 Å². The summed E-state index contributed by atoms with van der Waals surface area (Å²) in [6.07, 6.45) is 22.1. The summed E-state index contributed by atoms with van der Waals surface area (Å²) in [7, 11) is 0. The van der Waals surface area contributed by atoms with E-state index in [1.165, 1.54) is 0 Å². The molecule has 0 radical (unpaired) electrons. The first-order valence-corrected chi connectivity index (χ1v) is 10.8. The van der Waals surface area contributed by atoms with Gasteiger partial charge in [-0.25, -0.2) is 0 Å². The molecule has 0 saturated heterocycles. The number of rotatable bonds is 4. The van der Waals surface area contributed by atoms with Gasteiger partial charge in [0.15, 0.2) is 0 Å². The number of nitrogens with zero attached hydrogens (tertiary/aromatic N) is 6. The van der Waals surface area contributed by atoms with Crippen LogP contribution in [0.15, 0.2) is 131 Å². The van der Waals surface area contributed by atoms with Gasteiger partial charge in [-0.1, -0.05) is 24.3 Å². The predicted octanol–water partition coefficient (Wildman–Crippen LogP) is 4.88. The first kappa shape index (κ1) is 23.9. The van der Waals surface area contributed by atoms with Crippen LogP contribution in [0, 0.1) is 0 Å². The second-order valence-corrected chi connectivity index (χ2v) is 7.31. The molecular formula is C28H20N6Zn. The Hall–Kier alpha value is -4.22. The van der Waals surface area contributed by atoms with E-state index >= 15 is 0 Å². The number of aromatic nitrogens is 4. The Kier molecular flexibility index (Phi) is 8.05. The third kappa shape index (κ3) is 5.65. The largest absolute Gasteiger partial charge is 2.00 e. The number of aliphatic imine (C=N–C) groups is 2. The molecule has 0 atom stereocenters. The molecule has 6 heterocycles. The number of pyridine rings is 2. The van der Waals surface area contributed by atoms with E-state index in [4.69, 9.17) is 0 Å². The Bertz CT molecular complexity index is 1270. The number of hydrogen-bond donors (Lipinski definition) is 0. The first-order chi connectivity index (χ1) is 16.9. The molecule has 0 aromatic carbocycles. The Morgan fingerprint density at radius 1 is 0.571 bits per heavy atom. The van der Waals surface area contributed by atoms with Crippen molar-refractivity contribution in [1.29, 1.82) is 0 Å². The molecule has 0 N–H and O–H groups in total. The van der Waals surface area contributed by atoms with Gasteiger partial charge in [0.25, 0.3) is 0 Å². The average Bonchev–Trinajstić information content (AvgIpc) is 3.71. The van der Waals surface area contributed by atoms with Gasteiger partial charge in [0, 0.05) is 37.2 Å². The minimum absolute atomic E-state index is 0. The van der Waals surface area contributed by atoms with Crippen LogP contribution in [0.25, 0.3) is 11.1 Å². The molecule has 0 saturated carbocycles.